The van der Waals surface area contributed by atoms with Crippen LogP contribution in [0, 0.1) is 0 Å². The second-order valence-corrected chi connectivity index (χ2v) is 3.73. The van der Waals surface area contributed by atoms with Gasteiger partial charge in [-0.1, -0.05) is 12.0 Å². The van der Waals surface area contributed by atoms with Gasteiger partial charge in [0.25, 0.3) is 0 Å². The molecule has 0 fully saturated rings. The van der Waals surface area contributed by atoms with Gasteiger partial charge in [-0.25, -0.2) is 0 Å². The van der Waals surface area contributed by atoms with Crippen molar-refractivity contribution >= 4 is 5.97 Å². The SMILES string of the molecule is C=C(C)CCOC(=O)CCCCCOC. The van der Waals surface area contributed by atoms with Crippen LogP contribution in [0.5, 0.6) is 0 Å². The Morgan fingerprint density at radius 3 is 2.47 bits per heavy atom. The third kappa shape index (κ3) is 11.1. The molecule has 0 aliphatic heterocycles. The van der Waals surface area contributed by atoms with Crippen molar-refractivity contribution in [3.05, 3.63) is 12.2 Å². The van der Waals surface area contributed by atoms with Crippen molar-refractivity contribution in [3.8, 4) is 0 Å². The first-order valence-corrected chi connectivity index (χ1v) is 5.45. The third-order valence-corrected chi connectivity index (χ3v) is 2.02. The molecular weight excluding hydrogens is 192 g/mol. The van der Waals surface area contributed by atoms with Crippen molar-refractivity contribution in [2.45, 2.75) is 39.0 Å². The number of rotatable bonds is 9. The molecule has 0 aromatic carbocycles. The van der Waals surface area contributed by atoms with Gasteiger partial charge in [-0.15, -0.1) is 6.58 Å². The van der Waals surface area contributed by atoms with E-state index in [1.54, 1.807) is 7.11 Å². The Hall–Kier alpha value is -0.830. The molecule has 0 heterocycles. The van der Waals surface area contributed by atoms with Gasteiger partial charge in [-0.2, -0.15) is 0 Å². The fourth-order valence-corrected chi connectivity index (χ4v) is 1.10. The largest absolute Gasteiger partial charge is 0.465 e. The Balaban J connectivity index is 3.22. The summed E-state index contributed by atoms with van der Waals surface area (Å²) in [6.07, 6.45) is 4.18. The first-order valence-electron chi connectivity index (χ1n) is 5.45. The Kier molecular flexibility index (Phi) is 9.18. The highest BCUT2D eigenvalue weighted by Gasteiger charge is 2.01. The average molecular weight is 214 g/mol. The summed E-state index contributed by atoms with van der Waals surface area (Å²) in [5.74, 6) is -0.103. The molecule has 0 spiro atoms. The van der Waals surface area contributed by atoms with Crippen molar-refractivity contribution in [2.24, 2.45) is 0 Å². The molecule has 0 aliphatic rings. The lowest BCUT2D eigenvalue weighted by Gasteiger charge is -2.04. The van der Waals surface area contributed by atoms with Crippen LogP contribution in [0.1, 0.15) is 39.0 Å². The summed E-state index contributed by atoms with van der Waals surface area (Å²) < 4.78 is 9.94. The third-order valence-electron chi connectivity index (χ3n) is 2.02. The van der Waals surface area contributed by atoms with Gasteiger partial charge in [-0.3, -0.25) is 4.79 Å². The van der Waals surface area contributed by atoms with Crippen LogP contribution in [0.3, 0.4) is 0 Å². The quantitative estimate of drug-likeness (QED) is 0.336. The Morgan fingerprint density at radius 1 is 1.13 bits per heavy atom. The molecule has 0 saturated heterocycles. The number of carbonyl (C=O) groups excluding carboxylic acids is 1. The van der Waals surface area contributed by atoms with Gasteiger partial charge in [0.1, 0.15) is 0 Å². The second kappa shape index (κ2) is 9.71. The van der Waals surface area contributed by atoms with Crippen molar-refractivity contribution in [1.82, 2.24) is 0 Å². The van der Waals surface area contributed by atoms with E-state index in [1.807, 2.05) is 6.92 Å². The molecule has 0 aromatic rings. The molecule has 0 amide bonds. The van der Waals surface area contributed by atoms with Crippen molar-refractivity contribution in [3.63, 3.8) is 0 Å². The summed E-state index contributed by atoms with van der Waals surface area (Å²) in [5, 5.41) is 0. The molecule has 0 saturated carbocycles. The lowest BCUT2D eigenvalue weighted by atomic mass is 10.2. The molecule has 0 radical (unpaired) electrons. The number of ether oxygens (including phenoxy) is 2. The Morgan fingerprint density at radius 2 is 1.87 bits per heavy atom. The summed E-state index contributed by atoms with van der Waals surface area (Å²) in [6, 6.07) is 0. The lowest BCUT2D eigenvalue weighted by molar-refractivity contribution is -0.143. The summed E-state index contributed by atoms with van der Waals surface area (Å²) >= 11 is 0. The topological polar surface area (TPSA) is 35.5 Å². The number of carbonyl (C=O) groups is 1. The zero-order valence-corrected chi connectivity index (χ0v) is 9.88. The fraction of sp³-hybridized carbons (Fsp3) is 0.750. The predicted octanol–water partition coefficient (Wildman–Crippen LogP) is 2.70. The molecular formula is C12H22O3. The van der Waals surface area contributed by atoms with Crippen LogP contribution in [0.25, 0.3) is 0 Å². The number of hydrogen-bond acceptors (Lipinski definition) is 3. The number of methoxy groups -OCH3 is 1. The molecule has 3 heteroatoms. The molecule has 0 aromatic heterocycles. The van der Waals surface area contributed by atoms with E-state index >= 15 is 0 Å². The molecule has 0 atom stereocenters. The predicted molar refractivity (Wildman–Crippen MR) is 60.7 cm³/mol. The highest BCUT2D eigenvalue weighted by molar-refractivity contribution is 5.69. The molecule has 3 nitrogen and oxygen atoms in total. The maximum atomic E-state index is 11.2. The van der Waals surface area contributed by atoms with Gasteiger partial charge in [0.05, 0.1) is 6.61 Å². The van der Waals surface area contributed by atoms with E-state index in [2.05, 4.69) is 6.58 Å². The van der Waals surface area contributed by atoms with Gasteiger partial charge in [0.15, 0.2) is 0 Å². The van der Waals surface area contributed by atoms with Crippen molar-refractivity contribution in [2.75, 3.05) is 20.3 Å². The van der Waals surface area contributed by atoms with Gasteiger partial charge in [0, 0.05) is 26.6 Å². The molecule has 0 bridgehead atoms. The zero-order valence-electron chi connectivity index (χ0n) is 9.88. The van der Waals surface area contributed by atoms with E-state index in [9.17, 15) is 4.79 Å². The smallest absolute Gasteiger partial charge is 0.305 e. The fourth-order valence-electron chi connectivity index (χ4n) is 1.10. The molecule has 0 unspecified atom stereocenters. The first kappa shape index (κ1) is 14.2. The standard InChI is InChI=1S/C12H22O3/c1-11(2)8-10-15-12(13)7-5-4-6-9-14-3/h1,4-10H2,2-3H3. The van der Waals surface area contributed by atoms with E-state index in [0.717, 1.165) is 37.9 Å². The highest BCUT2D eigenvalue weighted by Crippen LogP contribution is 2.03. The Bertz CT molecular complexity index is 187. The van der Waals surface area contributed by atoms with Crippen LogP contribution >= 0.6 is 0 Å². The van der Waals surface area contributed by atoms with Crippen LogP contribution in [-0.4, -0.2) is 26.3 Å². The minimum Gasteiger partial charge on any atom is -0.465 e. The van der Waals surface area contributed by atoms with Crippen LogP contribution < -0.4 is 0 Å². The van der Waals surface area contributed by atoms with Crippen molar-refractivity contribution in [1.29, 1.82) is 0 Å². The van der Waals surface area contributed by atoms with Gasteiger partial charge in [-0.05, 0) is 19.8 Å². The van der Waals surface area contributed by atoms with Gasteiger partial charge < -0.3 is 9.47 Å². The normalized spacial score (nSPS) is 10.0. The molecule has 0 N–H and O–H groups in total. The zero-order chi connectivity index (χ0) is 11.5. The highest BCUT2D eigenvalue weighted by atomic mass is 16.5. The summed E-state index contributed by atoms with van der Waals surface area (Å²) in [6.45, 7) is 6.90. The van der Waals surface area contributed by atoms with E-state index < -0.39 is 0 Å². The number of hydrogen-bond donors (Lipinski definition) is 0. The van der Waals surface area contributed by atoms with Gasteiger partial charge in [0.2, 0.25) is 0 Å². The van der Waals surface area contributed by atoms with Gasteiger partial charge >= 0.3 is 5.97 Å². The molecule has 15 heavy (non-hydrogen) atoms. The molecule has 88 valence electrons. The van der Waals surface area contributed by atoms with Crippen LogP contribution in [-0.2, 0) is 14.3 Å². The first-order chi connectivity index (χ1) is 7.16. The van der Waals surface area contributed by atoms with Crippen molar-refractivity contribution < 1.29 is 14.3 Å². The van der Waals surface area contributed by atoms with Crippen LogP contribution in [0.15, 0.2) is 12.2 Å². The van der Waals surface area contributed by atoms with E-state index in [0.29, 0.717) is 13.0 Å². The van der Waals surface area contributed by atoms with E-state index in [-0.39, 0.29) is 5.97 Å². The second-order valence-electron chi connectivity index (χ2n) is 3.73. The summed E-state index contributed by atoms with van der Waals surface area (Å²) in [5.41, 5.74) is 1.04. The monoisotopic (exact) mass is 214 g/mol. The molecule has 0 rings (SSSR count). The Labute approximate surface area is 92.5 Å². The maximum Gasteiger partial charge on any atom is 0.305 e. The summed E-state index contributed by atoms with van der Waals surface area (Å²) in [4.78, 5) is 11.2. The van der Waals surface area contributed by atoms with Crippen LogP contribution in [0.4, 0.5) is 0 Å². The lowest BCUT2D eigenvalue weighted by Crippen LogP contribution is -2.05. The number of esters is 1. The van der Waals surface area contributed by atoms with E-state index in [1.165, 1.54) is 0 Å². The maximum absolute atomic E-state index is 11.2. The average Bonchev–Trinajstić information content (AvgIpc) is 2.17. The minimum absolute atomic E-state index is 0.103. The van der Waals surface area contributed by atoms with Crippen LogP contribution in [0.2, 0.25) is 0 Å². The summed E-state index contributed by atoms with van der Waals surface area (Å²) in [7, 11) is 1.69. The number of unbranched alkanes of at least 4 members (excludes halogenated alkanes) is 2. The minimum atomic E-state index is -0.103. The molecule has 0 aliphatic carbocycles. The van der Waals surface area contributed by atoms with E-state index in [4.69, 9.17) is 9.47 Å².